The molecule has 1 unspecified atom stereocenters. The summed E-state index contributed by atoms with van der Waals surface area (Å²) in [5, 5.41) is 3.38. The molecule has 0 bridgehead atoms. The lowest BCUT2D eigenvalue weighted by Gasteiger charge is -2.19. The highest BCUT2D eigenvalue weighted by atomic mass is 32.1. The zero-order valence-corrected chi connectivity index (χ0v) is 12.3. The van der Waals surface area contributed by atoms with Crippen molar-refractivity contribution in [3.8, 4) is 0 Å². The van der Waals surface area contributed by atoms with Gasteiger partial charge in [-0.3, -0.25) is 10.1 Å². The molecule has 1 fully saturated rings. The second kappa shape index (κ2) is 5.31. The topological polar surface area (TPSA) is 45.2 Å². The number of amides is 1. The van der Waals surface area contributed by atoms with Crippen molar-refractivity contribution in [2.45, 2.75) is 24.9 Å². The second-order valence-electron chi connectivity index (χ2n) is 5.26. The number of thiazole rings is 1. The Bertz CT molecular complexity index is 640. The number of carbonyl (C=O) groups is 1. The molecular weight excluding hydrogens is 296 g/mol. The highest BCUT2D eigenvalue weighted by Gasteiger charge is 2.43. The molecular formula is C14H15F2N3OS. The van der Waals surface area contributed by atoms with Crippen molar-refractivity contribution in [1.29, 1.82) is 0 Å². The number of aromatic nitrogens is 1. The van der Waals surface area contributed by atoms with Crippen molar-refractivity contribution < 1.29 is 13.6 Å². The van der Waals surface area contributed by atoms with Crippen LogP contribution in [0.4, 0.5) is 8.78 Å². The third-order valence-electron chi connectivity index (χ3n) is 3.49. The van der Waals surface area contributed by atoms with E-state index in [1.54, 1.807) is 7.05 Å². The SMILES string of the molecule is CN(Cc1nc2ccccc2s1)C(=O)C1CC(F)(F)CN1. The van der Waals surface area contributed by atoms with Gasteiger partial charge in [0, 0.05) is 13.5 Å². The molecule has 1 amide bonds. The van der Waals surface area contributed by atoms with E-state index in [-0.39, 0.29) is 5.91 Å². The first kappa shape index (κ1) is 14.3. The van der Waals surface area contributed by atoms with Crippen molar-refractivity contribution in [1.82, 2.24) is 15.2 Å². The fourth-order valence-electron chi connectivity index (χ4n) is 2.42. The van der Waals surface area contributed by atoms with E-state index in [4.69, 9.17) is 0 Å². The van der Waals surface area contributed by atoms with Crippen LogP contribution in [0.25, 0.3) is 10.2 Å². The maximum absolute atomic E-state index is 13.1. The molecule has 0 aliphatic carbocycles. The molecule has 2 aromatic rings. The Morgan fingerprint density at radius 1 is 1.52 bits per heavy atom. The molecule has 1 atom stereocenters. The number of nitrogens with one attached hydrogen (secondary N) is 1. The zero-order chi connectivity index (χ0) is 15.0. The lowest BCUT2D eigenvalue weighted by atomic mass is 10.2. The van der Waals surface area contributed by atoms with Crippen LogP contribution in [0.15, 0.2) is 24.3 Å². The number of alkyl halides is 2. The first-order valence-electron chi connectivity index (χ1n) is 6.65. The quantitative estimate of drug-likeness (QED) is 0.945. The Balaban J connectivity index is 1.68. The maximum Gasteiger partial charge on any atom is 0.262 e. The van der Waals surface area contributed by atoms with Crippen molar-refractivity contribution in [3.63, 3.8) is 0 Å². The van der Waals surface area contributed by atoms with Gasteiger partial charge in [-0.2, -0.15) is 0 Å². The van der Waals surface area contributed by atoms with Gasteiger partial charge in [-0.15, -0.1) is 11.3 Å². The predicted octanol–water partition coefficient (Wildman–Crippen LogP) is 2.25. The molecule has 1 aromatic heterocycles. The van der Waals surface area contributed by atoms with Crippen LogP contribution in [-0.2, 0) is 11.3 Å². The lowest BCUT2D eigenvalue weighted by Crippen LogP contribution is -2.41. The summed E-state index contributed by atoms with van der Waals surface area (Å²) in [6.07, 6.45) is -0.435. The summed E-state index contributed by atoms with van der Waals surface area (Å²) in [5.74, 6) is -3.11. The fraction of sp³-hybridized carbons (Fsp3) is 0.429. The van der Waals surface area contributed by atoms with E-state index in [1.807, 2.05) is 24.3 Å². The Kier molecular flexibility index (Phi) is 3.62. The Labute approximate surface area is 124 Å². The van der Waals surface area contributed by atoms with Crippen molar-refractivity contribution in [2.75, 3.05) is 13.6 Å². The summed E-state index contributed by atoms with van der Waals surface area (Å²) in [6.45, 7) is -0.0969. The summed E-state index contributed by atoms with van der Waals surface area (Å²) in [7, 11) is 1.62. The van der Waals surface area contributed by atoms with Crippen LogP contribution < -0.4 is 5.32 Å². The number of hydrogen-bond donors (Lipinski definition) is 1. The first-order valence-corrected chi connectivity index (χ1v) is 7.47. The zero-order valence-electron chi connectivity index (χ0n) is 11.5. The average Bonchev–Trinajstić information content (AvgIpc) is 3.00. The summed E-state index contributed by atoms with van der Waals surface area (Å²) < 4.78 is 27.3. The standard InChI is InChI=1S/C14H15F2N3OS/c1-19(13(20)10-6-14(15,16)8-17-10)7-12-18-9-4-2-3-5-11(9)21-12/h2-5,10,17H,6-8H2,1H3. The van der Waals surface area contributed by atoms with Crippen molar-refractivity contribution >= 4 is 27.5 Å². The van der Waals surface area contributed by atoms with Gasteiger partial charge in [-0.25, -0.2) is 13.8 Å². The van der Waals surface area contributed by atoms with Crippen LogP contribution in [0, 0.1) is 0 Å². The minimum absolute atomic E-state index is 0.313. The number of para-hydroxylation sites is 1. The van der Waals surface area contributed by atoms with Gasteiger partial charge >= 0.3 is 0 Å². The Hall–Kier alpha value is -1.60. The van der Waals surface area contributed by atoms with Crippen LogP contribution in [0.3, 0.4) is 0 Å². The van der Waals surface area contributed by atoms with Crippen LogP contribution in [0.1, 0.15) is 11.4 Å². The van der Waals surface area contributed by atoms with Gasteiger partial charge in [0.2, 0.25) is 5.91 Å². The van der Waals surface area contributed by atoms with Gasteiger partial charge in [0.25, 0.3) is 5.92 Å². The molecule has 112 valence electrons. The van der Waals surface area contributed by atoms with Gasteiger partial charge in [-0.05, 0) is 12.1 Å². The van der Waals surface area contributed by atoms with E-state index in [9.17, 15) is 13.6 Å². The third-order valence-corrected chi connectivity index (χ3v) is 4.52. The summed E-state index contributed by atoms with van der Waals surface area (Å²) in [6, 6.07) is 6.92. The number of rotatable bonds is 3. The molecule has 0 radical (unpaired) electrons. The van der Waals surface area contributed by atoms with E-state index < -0.39 is 24.9 Å². The van der Waals surface area contributed by atoms with Gasteiger partial charge in [-0.1, -0.05) is 12.1 Å². The Morgan fingerprint density at radius 2 is 2.29 bits per heavy atom. The van der Waals surface area contributed by atoms with Gasteiger partial charge in [0.05, 0.1) is 29.3 Å². The lowest BCUT2D eigenvalue weighted by molar-refractivity contribution is -0.132. The fourth-order valence-corrected chi connectivity index (χ4v) is 3.45. The van der Waals surface area contributed by atoms with E-state index in [1.165, 1.54) is 16.2 Å². The smallest absolute Gasteiger partial charge is 0.262 e. The van der Waals surface area contributed by atoms with E-state index in [0.717, 1.165) is 15.2 Å². The monoisotopic (exact) mass is 311 g/mol. The minimum atomic E-state index is -2.79. The van der Waals surface area contributed by atoms with Crippen LogP contribution in [-0.4, -0.2) is 41.3 Å². The molecule has 2 heterocycles. The van der Waals surface area contributed by atoms with Crippen molar-refractivity contribution in [3.05, 3.63) is 29.3 Å². The van der Waals surface area contributed by atoms with E-state index in [2.05, 4.69) is 10.3 Å². The molecule has 1 saturated heterocycles. The Morgan fingerprint density at radius 3 is 2.95 bits per heavy atom. The summed E-state index contributed by atoms with van der Waals surface area (Å²) >= 11 is 1.51. The van der Waals surface area contributed by atoms with E-state index >= 15 is 0 Å². The maximum atomic E-state index is 13.1. The molecule has 0 spiro atoms. The number of carbonyl (C=O) groups excluding carboxylic acids is 1. The van der Waals surface area contributed by atoms with Gasteiger partial charge in [0.1, 0.15) is 5.01 Å². The van der Waals surface area contributed by atoms with Crippen LogP contribution in [0.2, 0.25) is 0 Å². The van der Waals surface area contributed by atoms with Crippen LogP contribution >= 0.6 is 11.3 Å². The van der Waals surface area contributed by atoms with Crippen molar-refractivity contribution in [2.24, 2.45) is 0 Å². The number of hydrogen-bond acceptors (Lipinski definition) is 4. The van der Waals surface area contributed by atoms with E-state index in [0.29, 0.717) is 6.54 Å². The molecule has 1 aromatic carbocycles. The predicted molar refractivity (Wildman–Crippen MR) is 77.4 cm³/mol. The molecule has 7 heteroatoms. The van der Waals surface area contributed by atoms with Gasteiger partial charge in [0.15, 0.2) is 0 Å². The second-order valence-corrected chi connectivity index (χ2v) is 6.38. The average molecular weight is 311 g/mol. The summed E-state index contributed by atoms with van der Waals surface area (Å²) in [5.41, 5.74) is 0.892. The first-order chi connectivity index (χ1) is 9.94. The molecule has 1 N–H and O–H groups in total. The molecule has 1 aliphatic rings. The normalized spacial score (nSPS) is 20.8. The minimum Gasteiger partial charge on any atom is -0.338 e. The number of fused-ring (bicyclic) bond motifs is 1. The number of nitrogens with zero attached hydrogens (tertiary/aromatic N) is 2. The molecule has 3 rings (SSSR count). The highest BCUT2D eigenvalue weighted by Crippen LogP contribution is 2.27. The highest BCUT2D eigenvalue weighted by molar-refractivity contribution is 7.18. The number of benzene rings is 1. The number of halogens is 2. The molecule has 21 heavy (non-hydrogen) atoms. The number of likely N-dealkylation sites (N-methyl/N-ethyl adjacent to an activating group) is 1. The third kappa shape index (κ3) is 3.03. The van der Waals surface area contributed by atoms with Crippen LogP contribution in [0.5, 0.6) is 0 Å². The van der Waals surface area contributed by atoms with Gasteiger partial charge < -0.3 is 4.90 Å². The molecule has 0 saturated carbocycles. The largest absolute Gasteiger partial charge is 0.338 e. The summed E-state index contributed by atoms with van der Waals surface area (Å²) in [4.78, 5) is 18.1. The molecule has 1 aliphatic heterocycles. The molecule has 4 nitrogen and oxygen atoms in total.